The molecule has 1 N–H and O–H groups in total. The molecule has 1 heterocycles. The summed E-state index contributed by atoms with van der Waals surface area (Å²) in [5, 5.41) is 4.41. The predicted octanol–water partition coefficient (Wildman–Crippen LogP) is 5.15. The number of nitrogens with one attached hydrogen (secondary N) is 1. The van der Waals surface area contributed by atoms with E-state index in [1.54, 1.807) is 13.2 Å². The Labute approximate surface area is 153 Å². The van der Waals surface area contributed by atoms with Gasteiger partial charge in [0.15, 0.2) is 0 Å². The zero-order chi connectivity index (χ0) is 18.8. The third-order valence-corrected chi connectivity index (χ3v) is 4.74. The van der Waals surface area contributed by atoms with Gasteiger partial charge in [-0.05, 0) is 72.4 Å². The second kappa shape index (κ2) is 7.24. The molecule has 1 aromatic heterocycles. The van der Waals surface area contributed by atoms with E-state index < -0.39 is 0 Å². The number of aryl methyl sites for hydroxylation is 2. The van der Waals surface area contributed by atoms with Crippen molar-refractivity contribution in [1.82, 2.24) is 0 Å². The second-order valence-corrected chi connectivity index (χ2v) is 6.98. The van der Waals surface area contributed by atoms with Gasteiger partial charge in [0.25, 0.3) is 0 Å². The predicted molar refractivity (Wildman–Crippen MR) is 106 cm³/mol. The zero-order valence-electron chi connectivity index (χ0n) is 16.0. The largest absolute Gasteiger partial charge is 0.497 e. The van der Waals surface area contributed by atoms with Gasteiger partial charge < -0.3 is 14.5 Å². The van der Waals surface area contributed by atoms with Crippen molar-refractivity contribution < 1.29 is 9.15 Å². The highest BCUT2D eigenvalue weighted by molar-refractivity contribution is 5.82. The fraction of sp³-hybridized carbons (Fsp3) is 0.318. The molecule has 0 aliphatic carbocycles. The topological polar surface area (TPSA) is 51.5 Å². The molecule has 0 aliphatic heterocycles. The van der Waals surface area contributed by atoms with Crippen molar-refractivity contribution in [3.05, 3.63) is 69.1 Å². The molecule has 2 aromatic carbocycles. The minimum absolute atomic E-state index is 0.322. The van der Waals surface area contributed by atoms with Crippen LogP contribution in [-0.2, 0) is 6.54 Å². The van der Waals surface area contributed by atoms with E-state index in [4.69, 9.17) is 9.15 Å². The van der Waals surface area contributed by atoms with Gasteiger partial charge in [-0.1, -0.05) is 13.8 Å². The van der Waals surface area contributed by atoms with Crippen molar-refractivity contribution in [1.29, 1.82) is 0 Å². The van der Waals surface area contributed by atoms with E-state index in [0.717, 1.165) is 33.5 Å². The van der Waals surface area contributed by atoms with Crippen molar-refractivity contribution in [2.75, 3.05) is 12.4 Å². The van der Waals surface area contributed by atoms with Crippen molar-refractivity contribution in [2.45, 2.75) is 40.2 Å². The Bertz CT molecular complexity index is 1000. The van der Waals surface area contributed by atoms with E-state index in [2.05, 4.69) is 32.2 Å². The van der Waals surface area contributed by atoms with Gasteiger partial charge in [-0.15, -0.1) is 0 Å². The average molecular weight is 351 g/mol. The molecule has 0 atom stereocenters. The molecule has 0 aliphatic rings. The maximum absolute atomic E-state index is 12.0. The maximum atomic E-state index is 12.0. The van der Waals surface area contributed by atoms with Crippen LogP contribution in [0.25, 0.3) is 11.0 Å². The average Bonchev–Trinajstić information content (AvgIpc) is 2.59. The molecule has 0 fully saturated rings. The van der Waals surface area contributed by atoms with Gasteiger partial charge in [-0.25, -0.2) is 4.79 Å². The first kappa shape index (κ1) is 18.1. The normalized spacial score (nSPS) is 11.2. The van der Waals surface area contributed by atoms with Crippen LogP contribution in [0.5, 0.6) is 5.75 Å². The summed E-state index contributed by atoms with van der Waals surface area (Å²) >= 11 is 0. The third-order valence-electron chi connectivity index (χ3n) is 4.74. The standard InChI is InChI=1S/C22H25NO3/c1-13(2)18-11-19-16(10-22(24)26-21(19)9-14(18)3)12-23-20-7-6-17(25-5)8-15(20)4/h6-11,13,23H,12H2,1-5H3. The summed E-state index contributed by atoms with van der Waals surface area (Å²) in [5.41, 5.74) is 5.78. The summed E-state index contributed by atoms with van der Waals surface area (Å²) in [7, 11) is 1.66. The number of hydrogen-bond donors (Lipinski definition) is 1. The van der Waals surface area contributed by atoms with Crippen LogP contribution in [0.2, 0.25) is 0 Å². The Morgan fingerprint density at radius 2 is 1.85 bits per heavy atom. The second-order valence-electron chi connectivity index (χ2n) is 6.98. The monoisotopic (exact) mass is 351 g/mol. The molecule has 0 bridgehead atoms. The van der Waals surface area contributed by atoms with Crippen molar-refractivity contribution in [2.24, 2.45) is 0 Å². The lowest BCUT2D eigenvalue weighted by Crippen LogP contribution is -2.07. The maximum Gasteiger partial charge on any atom is 0.336 e. The highest BCUT2D eigenvalue weighted by atomic mass is 16.5. The number of anilines is 1. The van der Waals surface area contributed by atoms with Crippen LogP contribution in [0.4, 0.5) is 5.69 Å². The first-order valence-corrected chi connectivity index (χ1v) is 8.85. The van der Waals surface area contributed by atoms with Crippen LogP contribution >= 0.6 is 0 Å². The van der Waals surface area contributed by atoms with Gasteiger partial charge >= 0.3 is 5.63 Å². The molecule has 3 rings (SSSR count). The van der Waals surface area contributed by atoms with E-state index in [1.165, 1.54) is 5.56 Å². The van der Waals surface area contributed by atoms with Gasteiger partial charge in [0.1, 0.15) is 11.3 Å². The molecule has 4 heteroatoms. The number of hydrogen-bond acceptors (Lipinski definition) is 4. The van der Waals surface area contributed by atoms with Crippen LogP contribution < -0.4 is 15.7 Å². The number of benzene rings is 2. The molecule has 3 aromatic rings. The molecule has 0 saturated heterocycles. The smallest absolute Gasteiger partial charge is 0.336 e. The number of fused-ring (bicyclic) bond motifs is 1. The first-order valence-electron chi connectivity index (χ1n) is 8.85. The molecule has 136 valence electrons. The highest BCUT2D eigenvalue weighted by Gasteiger charge is 2.11. The van der Waals surface area contributed by atoms with Gasteiger partial charge in [-0.2, -0.15) is 0 Å². The molecular formula is C22H25NO3. The molecular weight excluding hydrogens is 326 g/mol. The van der Waals surface area contributed by atoms with E-state index in [1.807, 2.05) is 31.2 Å². The molecule has 0 radical (unpaired) electrons. The van der Waals surface area contributed by atoms with Crippen molar-refractivity contribution >= 4 is 16.7 Å². The Hall–Kier alpha value is -2.75. The molecule has 0 amide bonds. The van der Waals surface area contributed by atoms with Crippen LogP contribution in [-0.4, -0.2) is 7.11 Å². The van der Waals surface area contributed by atoms with E-state index in [9.17, 15) is 4.79 Å². The lowest BCUT2D eigenvalue weighted by molar-refractivity contribution is 0.414. The summed E-state index contributed by atoms with van der Waals surface area (Å²) in [6.07, 6.45) is 0. The minimum Gasteiger partial charge on any atom is -0.497 e. The Morgan fingerprint density at radius 3 is 2.50 bits per heavy atom. The Balaban J connectivity index is 1.99. The number of methoxy groups -OCH3 is 1. The number of rotatable bonds is 5. The Morgan fingerprint density at radius 1 is 1.08 bits per heavy atom. The van der Waals surface area contributed by atoms with Crippen LogP contribution in [0.15, 0.2) is 45.6 Å². The fourth-order valence-corrected chi connectivity index (χ4v) is 3.31. The lowest BCUT2D eigenvalue weighted by Gasteiger charge is -2.15. The van der Waals surface area contributed by atoms with Crippen molar-refractivity contribution in [3.63, 3.8) is 0 Å². The van der Waals surface area contributed by atoms with Gasteiger partial charge in [0.2, 0.25) is 0 Å². The first-order chi connectivity index (χ1) is 12.4. The third kappa shape index (κ3) is 3.59. The van der Waals surface area contributed by atoms with Gasteiger partial charge in [0, 0.05) is 23.7 Å². The van der Waals surface area contributed by atoms with E-state index >= 15 is 0 Å². The van der Waals surface area contributed by atoms with E-state index in [0.29, 0.717) is 18.0 Å². The van der Waals surface area contributed by atoms with Gasteiger partial charge in [0.05, 0.1) is 7.11 Å². The zero-order valence-corrected chi connectivity index (χ0v) is 16.0. The molecule has 26 heavy (non-hydrogen) atoms. The SMILES string of the molecule is COc1ccc(NCc2cc(=O)oc3cc(C)c(C(C)C)cc23)c(C)c1. The van der Waals surface area contributed by atoms with Crippen molar-refractivity contribution in [3.8, 4) is 5.75 Å². The molecule has 4 nitrogen and oxygen atoms in total. The molecule has 0 unspecified atom stereocenters. The number of ether oxygens (including phenoxy) is 1. The summed E-state index contributed by atoms with van der Waals surface area (Å²) in [6, 6.07) is 11.6. The van der Waals surface area contributed by atoms with Crippen LogP contribution in [0.3, 0.4) is 0 Å². The van der Waals surface area contributed by atoms with Crippen LogP contribution in [0.1, 0.15) is 42.0 Å². The quantitative estimate of drug-likeness (QED) is 0.646. The summed E-state index contributed by atoms with van der Waals surface area (Å²) in [5.74, 6) is 1.24. The van der Waals surface area contributed by atoms with Crippen LogP contribution in [0, 0.1) is 13.8 Å². The minimum atomic E-state index is -0.322. The summed E-state index contributed by atoms with van der Waals surface area (Å²) < 4.78 is 10.7. The lowest BCUT2D eigenvalue weighted by atomic mass is 9.95. The summed E-state index contributed by atoms with van der Waals surface area (Å²) in [4.78, 5) is 12.0. The fourth-order valence-electron chi connectivity index (χ4n) is 3.31. The highest BCUT2D eigenvalue weighted by Crippen LogP contribution is 2.28. The van der Waals surface area contributed by atoms with Gasteiger partial charge in [-0.3, -0.25) is 0 Å². The molecule has 0 spiro atoms. The summed E-state index contributed by atoms with van der Waals surface area (Å²) in [6.45, 7) is 8.98. The van der Waals surface area contributed by atoms with E-state index in [-0.39, 0.29) is 5.63 Å². The molecule has 0 saturated carbocycles. The Kier molecular flexibility index (Phi) is 5.03.